The molecule has 0 saturated carbocycles. The molecular formula is C10H12N2OS. The first-order chi connectivity index (χ1) is 6.77. The second-order valence-electron chi connectivity index (χ2n) is 3.31. The fraction of sp³-hybridized carbons (Fsp3) is 0.300. The Bertz CT molecular complexity index is 441. The minimum absolute atomic E-state index is 0.0333. The van der Waals surface area contributed by atoms with Gasteiger partial charge in [0.25, 0.3) is 0 Å². The highest BCUT2D eigenvalue weighted by atomic mass is 32.1. The highest BCUT2D eigenvalue weighted by Crippen LogP contribution is 2.16. The molecule has 3 nitrogen and oxygen atoms in total. The maximum atomic E-state index is 11.3. The number of imidazole rings is 1. The number of nitrogens with zero attached hydrogens (tertiary/aromatic N) is 1. The molecule has 2 aromatic rings. The van der Waals surface area contributed by atoms with Crippen molar-refractivity contribution < 1.29 is 0 Å². The van der Waals surface area contributed by atoms with Gasteiger partial charge in [-0.25, -0.2) is 4.79 Å². The lowest BCUT2D eigenvalue weighted by Crippen LogP contribution is -2.20. The van der Waals surface area contributed by atoms with Crippen LogP contribution in [0.1, 0.15) is 17.8 Å². The number of aromatic amines is 1. The van der Waals surface area contributed by atoms with Crippen molar-refractivity contribution in [1.29, 1.82) is 0 Å². The van der Waals surface area contributed by atoms with Gasteiger partial charge >= 0.3 is 5.69 Å². The number of H-pyrrole nitrogens is 1. The smallest absolute Gasteiger partial charge is 0.313 e. The third-order valence-electron chi connectivity index (χ3n) is 2.23. The van der Waals surface area contributed by atoms with Crippen LogP contribution in [-0.2, 0) is 6.42 Å². The van der Waals surface area contributed by atoms with Crippen molar-refractivity contribution in [2.45, 2.75) is 19.4 Å². The molecule has 1 atom stereocenters. The molecule has 0 aliphatic rings. The molecule has 0 fully saturated rings. The summed E-state index contributed by atoms with van der Waals surface area (Å²) < 4.78 is 1.72. The van der Waals surface area contributed by atoms with Gasteiger partial charge in [-0.2, -0.15) is 0 Å². The minimum Gasteiger partial charge on any atom is -0.313 e. The largest absolute Gasteiger partial charge is 0.325 e. The van der Waals surface area contributed by atoms with E-state index < -0.39 is 0 Å². The van der Waals surface area contributed by atoms with E-state index >= 15 is 0 Å². The van der Waals surface area contributed by atoms with Gasteiger partial charge in [0.05, 0.1) is 0 Å². The van der Waals surface area contributed by atoms with Crippen LogP contribution < -0.4 is 5.69 Å². The Balaban J connectivity index is 2.14. The molecule has 0 amide bonds. The van der Waals surface area contributed by atoms with Crippen molar-refractivity contribution in [3.8, 4) is 0 Å². The van der Waals surface area contributed by atoms with Gasteiger partial charge in [0.15, 0.2) is 0 Å². The average Bonchev–Trinajstić information content (AvgIpc) is 2.75. The van der Waals surface area contributed by atoms with Gasteiger partial charge in [-0.3, -0.25) is 4.57 Å². The fourth-order valence-corrected chi connectivity index (χ4v) is 2.32. The van der Waals surface area contributed by atoms with Gasteiger partial charge in [-0.05, 0) is 18.4 Å². The van der Waals surface area contributed by atoms with Crippen molar-refractivity contribution in [2.24, 2.45) is 0 Å². The molecule has 0 aliphatic heterocycles. The summed E-state index contributed by atoms with van der Waals surface area (Å²) in [5.41, 5.74) is -0.0333. The maximum absolute atomic E-state index is 11.3. The van der Waals surface area contributed by atoms with Crippen LogP contribution in [0.25, 0.3) is 0 Å². The Labute approximate surface area is 86.0 Å². The fourth-order valence-electron chi connectivity index (χ4n) is 1.50. The number of aromatic nitrogens is 2. The predicted molar refractivity (Wildman–Crippen MR) is 57.8 cm³/mol. The summed E-state index contributed by atoms with van der Waals surface area (Å²) in [6, 6.07) is 4.35. The van der Waals surface area contributed by atoms with Crippen LogP contribution in [-0.4, -0.2) is 9.55 Å². The molecule has 4 heteroatoms. The van der Waals surface area contributed by atoms with Crippen molar-refractivity contribution in [3.05, 3.63) is 45.3 Å². The molecule has 2 aromatic heterocycles. The van der Waals surface area contributed by atoms with E-state index in [-0.39, 0.29) is 11.7 Å². The number of hydrogen-bond acceptors (Lipinski definition) is 2. The van der Waals surface area contributed by atoms with Gasteiger partial charge in [-0.1, -0.05) is 6.07 Å². The Morgan fingerprint density at radius 3 is 3.07 bits per heavy atom. The van der Waals surface area contributed by atoms with Crippen LogP contribution in [0.5, 0.6) is 0 Å². The molecule has 0 aliphatic carbocycles. The lowest BCUT2D eigenvalue weighted by Gasteiger charge is -2.10. The van der Waals surface area contributed by atoms with Crippen LogP contribution in [0.2, 0.25) is 0 Å². The van der Waals surface area contributed by atoms with Gasteiger partial charge in [-0.15, -0.1) is 11.3 Å². The van der Waals surface area contributed by atoms with Gasteiger partial charge < -0.3 is 4.98 Å². The lowest BCUT2D eigenvalue weighted by atomic mass is 10.2. The number of thiophene rings is 1. The van der Waals surface area contributed by atoms with E-state index in [1.807, 2.05) is 6.07 Å². The summed E-state index contributed by atoms with van der Waals surface area (Å²) in [5, 5.41) is 2.06. The van der Waals surface area contributed by atoms with Gasteiger partial charge in [0.1, 0.15) is 0 Å². The zero-order chi connectivity index (χ0) is 9.97. The summed E-state index contributed by atoms with van der Waals surface area (Å²) >= 11 is 1.73. The Morgan fingerprint density at radius 2 is 2.50 bits per heavy atom. The number of hydrogen-bond donors (Lipinski definition) is 1. The summed E-state index contributed by atoms with van der Waals surface area (Å²) in [4.78, 5) is 15.3. The van der Waals surface area contributed by atoms with Crippen molar-refractivity contribution in [3.63, 3.8) is 0 Å². The highest BCUT2D eigenvalue weighted by molar-refractivity contribution is 7.09. The molecular weight excluding hydrogens is 196 g/mol. The standard InChI is InChI=1S/C10H12N2OS/c1-8(7-9-3-2-6-14-9)12-5-4-11-10(12)13/h2-6,8H,7H2,1H3,(H,11,13). The third-order valence-corrected chi connectivity index (χ3v) is 3.13. The lowest BCUT2D eigenvalue weighted by molar-refractivity contribution is 0.532. The van der Waals surface area contributed by atoms with Gasteiger partial charge in [0, 0.05) is 29.7 Å². The van der Waals surface area contributed by atoms with E-state index in [9.17, 15) is 4.79 Å². The molecule has 0 spiro atoms. The molecule has 1 unspecified atom stereocenters. The van der Waals surface area contributed by atoms with E-state index in [1.54, 1.807) is 28.3 Å². The molecule has 0 saturated heterocycles. The molecule has 2 rings (SSSR count). The Morgan fingerprint density at radius 1 is 1.64 bits per heavy atom. The molecule has 74 valence electrons. The van der Waals surface area contributed by atoms with Crippen LogP contribution in [0.3, 0.4) is 0 Å². The molecule has 0 aromatic carbocycles. The molecule has 1 N–H and O–H groups in total. The first-order valence-electron chi connectivity index (χ1n) is 4.55. The van der Waals surface area contributed by atoms with Crippen LogP contribution in [0, 0.1) is 0 Å². The predicted octanol–water partition coefficient (Wildman–Crippen LogP) is 2.04. The Hall–Kier alpha value is -1.29. The number of rotatable bonds is 3. The van der Waals surface area contributed by atoms with E-state index in [1.165, 1.54) is 4.88 Å². The van der Waals surface area contributed by atoms with Crippen molar-refractivity contribution in [2.75, 3.05) is 0 Å². The van der Waals surface area contributed by atoms with E-state index in [0.29, 0.717) is 0 Å². The zero-order valence-electron chi connectivity index (χ0n) is 7.93. The summed E-state index contributed by atoms with van der Waals surface area (Å²) in [6.45, 7) is 2.05. The van der Waals surface area contributed by atoms with E-state index in [2.05, 4.69) is 23.4 Å². The maximum Gasteiger partial charge on any atom is 0.325 e. The highest BCUT2D eigenvalue weighted by Gasteiger charge is 2.07. The third kappa shape index (κ3) is 1.80. The van der Waals surface area contributed by atoms with Crippen LogP contribution in [0.4, 0.5) is 0 Å². The van der Waals surface area contributed by atoms with E-state index in [0.717, 1.165) is 6.42 Å². The molecule has 14 heavy (non-hydrogen) atoms. The summed E-state index contributed by atoms with van der Waals surface area (Å²) in [5.74, 6) is 0. The summed E-state index contributed by atoms with van der Waals surface area (Å²) in [6.07, 6.45) is 4.38. The second kappa shape index (κ2) is 3.84. The number of nitrogens with one attached hydrogen (secondary N) is 1. The average molecular weight is 208 g/mol. The normalized spacial score (nSPS) is 12.9. The topological polar surface area (TPSA) is 37.8 Å². The van der Waals surface area contributed by atoms with E-state index in [4.69, 9.17) is 0 Å². The molecule has 0 radical (unpaired) electrons. The monoisotopic (exact) mass is 208 g/mol. The second-order valence-corrected chi connectivity index (χ2v) is 4.34. The van der Waals surface area contributed by atoms with Gasteiger partial charge in [0.2, 0.25) is 0 Å². The van der Waals surface area contributed by atoms with Crippen LogP contribution >= 0.6 is 11.3 Å². The SMILES string of the molecule is CC(Cc1cccs1)n1cc[nH]c1=O. The van der Waals surface area contributed by atoms with Crippen molar-refractivity contribution in [1.82, 2.24) is 9.55 Å². The Kier molecular flexibility index (Phi) is 2.54. The first kappa shape index (κ1) is 9.27. The molecule has 0 bridgehead atoms. The summed E-state index contributed by atoms with van der Waals surface area (Å²) in [7, 11) is 0. The van der Waals surface area contributed by atoms with Crippen LogP contribution in [0.15, 0.2) is 34.7 Å². The minimum atomic E-state index is -0.0333. The zero-order valence-corrected chi connectivity index (χ0v) is 8.75. The quantitative estimate of drug-likeness (QED) is 0.823. The van der Waals surface area contributed by atoms with Crippen molar-refractivity contribution >= 4 is 11.3 Å². The molecule has 2 heterocycles. The first-order valence-corrected chi connectivity index (χ1v) is 5.43.